The van der Waals surface area contributed by atoms with Gasteiger partial charge in [0.05, 0.1) is 43.5 Å². The van der Waals surface area contributed by atoms with E-state index in [4.69, 9.17) is 4.74 Å². The highest BCUT2D eigenvalue weighted by molar-refractivity contribution is 5.32. The molecule has 4 heterocycles. The first-order chi connectivity index (χ1) is 12.3. The molecule has 128 valence electrons. The van der Waals surface area contributed by atoms with Crippen LogP contribution in [0.2, 0.25) is 0 Å². The van der Waals surface area contributed by atoms with E-state index in [0.717, 1.165) is 36.1 Å². The molecule has 0 bridgehead atoms. The van der Waals surface area contributed by atoms with Crippen molar-refractivity contribution in [2.24, 2.45) is 0 Å². The van der Waals surface area contributed by atoms with Crippen molar-refractivity contribution in [2.75, 3.05) is 18.1 Å². The van der Waals surface area contributed by atoms with Crippen LogP contribution in [0.3, 0.4) is 0 Å². The van der Waals surface area contributed by atoms with Crippen molar-refractivity contribution in [1.82, 2.24) is 24.5 Å². The summed E-state index contributed by atoms with van der Waals surface area (Å²) in [4.78, 5) is 19.7. The lowest BCUT2D eigenvalue weighted by Gasteiger charge is -2.34. The maximum atomic E-state index is 5.95. The summed E-state index contributed by atoms with van der Waals surface area (Å²) in [6.45, 7) is 4.61. The van der Waals surface area contributed by atoms with Crippen LogP contribution in [0.5, 0.6) is 0 Å². The predicted molar refractivity (Wildman–Crippen MR) is 93.0 cm³/mol. The minimum atomic E-state index is 0.167. The van der Waals surface area contributed by atoms with Gasteiger partial charge in [0.1, 0.15) is 0 Å². The highest BCUT2D eigenvalue weighted by atomic mass is 16.5. The Kier molecular flexibility index (Phi) is 4.39. The van der Waals surface area contributed by atoms with Gasteiger partial charge in [-0.2, -0.15) is 0 Å². The second-order valence-electron chi connectivity index (χ2n) is 6.16. The van der Waals surface area contributed by atoms with Crippen molar-refractivity contribution < 1.29 is 4.74 Å². The summed E-state index contributed by atoms with van der Waals surface area (Å²) in [5.41, 5.74) is 3.09. The van der Waals surface area contributed by atoms with E-state index in [1.807, 2.05) is 43.7 Å². The Morgan fingerprint density at radius 2 is 2.08 bits per heavy atom. The molecule has 0 saturated carbocycles. The minimum absolute atomic E-state index is 0.167. The fourth-order valence-electron chi connectivity index (χ4n) is 3.11. The van der Waals surface area contributed by atoms with Crippen LogP contribution in [0, 0.1) is 6.92 Å². The zero-order valence-corrected chi connectivity index (χ0v) is 14.1. The maximum absolute atomic E-state index is 5.95. The van der Waals surface area contributed by atoms with Crippen LogP contribution in [-0.4, -0.2) is 37.7 Å². The Hall–Kier alpha value is -2.80. The van der Waals surface area contributed by atoms with E-state index in [9.17, 15) is 0 Å². The third kappa shape index (κ3) is 3.51. The number of ether oxygens (including phenoxy) is 1. The SMILES string of the molecule is Cc1cccc(COCC2CN(c3ncccn3)Cc3cncn32)n1. The molecule has 0 amide bonds. The molecule has 7 nitrogen and oxygen atoms in total. The first kappa shape index (κ1) is 15.7. The Morgan fingerprint density at radius 1 is 1.20 bits per heavy atom. The van der Waals surface area contributed by atoms with Gasteiger partial charge in [0.2, 0.25) is 5.95 Å². The van der Waals surface area contributed by atoms with E-state index in [1.165, 1.54) is 0 Å². The molecule has 1 aliphatic heterocycles. The number of pyridine rings is 1. The Labute approximate surface area is 146 Å². The second-order valence-corrected chi connectivity index (χ2v) is 6.16. The van der Waals surface area contributed by atoms with Gasteiger partial charge in [-0.25, -0.2) is 15.0 Å². The topological polar surface area (TPSA) is 69.0 Å². The molecule has 0 N–H and O–H groups in total. The zero-order valence-electron chi connectivity index (χ0n) is 14.1. The predicted octanol–water partition coefficient (Wildman–Crippen LogP) is 2.15. The normalized spacial score (nSPS) is 16.7. The van der Waals surface area contributed by atoms with Crippen molar-refractivity contribution >= 4 is 5.95 Å². The van der Waals surface area contributed by atoms with Crippen molar-refractivity contribution in [3.63, 3.8) is 0 Å². The number of hydrogen-bond acceptors (Lipinski definition) is 6. The molecule has 3 aromatic heterocycles. The third-order valence-corrected chi connectivity index (χ3v) is 4.26. The number of hydrogen-bond donors (Lipinski definition) is 0. The molecule has 1 atom stereocenters. The molecule has 0 aromatic carbocycles. The molecule has 4 rings (SSSR count). The molecule has 7 heteroatoms. The highest BCUT2D eigenvalue weighted by Crippen LogP contribution is 2.24. The van der Waals surface area contributed by atoms with Gasteiger partial charge in [-0.3, -0.25) is 4.98 Å². The van der Waals surface area contributed by atoms with E-state index in [-0.39, 0.29) is 6.04 Å². The van der Waals surface area contributed by atoms with E-state index in [0.29, 0.717) is 13.2 Å². The monoisotopic (exact) mass is 336 g/mol. The Balaban J connectivity index is 1.45. The number of nitrogens with zero attached hydrogens (tertiary/aromatic N) is 6. The van der Waals surface area contributed by atoms with Gasteiger partial charge in [-0.05, 0) is 25.1 Å². The van der Waals surface area contributed by atoms with E-state index < -0.39 is 0 Å². The standard InChI is InChI=1S/C18H20N6O/c1-14-4-2-5-15(22-14)11-25-12-17-10-23(18-20-6-3-7-21-18)9-16-8-19-13-24(16)17/h2-8,13,17H,9-12H2,1H3. The average Bonchev–Trinajstić information content (AvgIpc) is 3.11. The summed E-state index contributed by atoms with van der Waals surface area (Å²) >= 11 is 0. The molecule has 1 aliphatic rings. The van der Waals surface area contributed by atoms with Gasteiger partial charge in [0.25, 0.3) is 0 Å². The zero-order chi connectivity index (χ0) is 17.1. The van der Waals surface area contributed by atoms with E-state index in [2.05, 4.69) is 29.4 Å². The van der Waals surface area contributed by atoms with Gasteiger partial charge in [-0.15, -0.1) is 0 Å². The lowest BCUT2D eigenvalue weighted by Crippen LogP contribution is -2.39. The highest BCUT2D eigenvalue weighted by Gasteiger charge is 2.26. The second kappa shape index (κ2) is 6.98. The molecule has 25 heavy (non-hydrogen) atoms. The van der Waals surface area contributed by atoms with Crippen LogP contribution in [-0.2, 0) is 17.9 Å². The minimum Gasteiger partial charge on any atom is -0.373 e. The van der Waals surface area contributed by atoms with Gasteiger partial charge in [0, 0.05) is 30.8 Å². The van der Waals surface area contributed by atoms with Crippen LogP contribution in [0.4, 0.5) is 5.95 Å². The summed E-state index contributed by atoms with van der Waals surface area (Å²) in [6, 6.07) is 7.97. The smallest absolute Gasteiger partial charge is 0.225 e. The maximum Gasteiger partial charge on any atom is 0.225 e. The largest absolute Gasteiger partial charge is 0.373 e. The summed E-state index contributed by atoms with van der Waals surface area (Å²) in [7, 11) is 0. The first-order valence-electron chi connectivity index (χ1n) is 8.32. The van der Waals surface area contributed by atoms with Gasteiger partial charge in [-0.1, -0.05) is 6.07 Å². The lowest BCUT2D eigenvalue weighted by molar-refractivity contribution is 0.0857. The van der Waals surface area contributed by atoms with Crippen molar-refractivity contribution in [2.45, 2.75) is 26.1 Å². The van der Waals surface area contributed by atoms with Gasteiger partial charge < -0.3 is 14.2 Å². The fourth-order valence-corrected chi connectivity index (χ4v) is 3.11. The quantitative estimate of drug-likeness (QED) is 0.711. The number of fused-ring (bicyclic) bond motifs is 1. The molecule has 0 radical (unpaired) electrons. The molecule has 1 unspecified atom stereocenters. The van der Waals surface area contributed by atoms with Crippen LogP contribution < -0.4 is 4.90 Å². The number of rotatable bonds is 5. The molecule has 3 aromatic rings. The molecule has 0 saturated heterocycles. The van der Waals surface area contributed by atoms with Crippen molar-refractivity contribution in [3.05, 3.63) is 66.3 Å². The Morgan fingerprint density at radius 3 is 2.92 bits per heavy atom. The molecular weight excluding hydrogens is 316 g/mol. The van der Waals surface area contributed by atoms with Gasteiger partial charge >= 0.3 is 0 Å². The fraction of sp³-hybridized carbons (Fsp3) is 0.333. The molecular formula is C18H20N6O. The van der Waals surface area contributed by atoms with Crippen LogP contribution in [0.15, 0.2) is 49.2 Å². The molecule has 0 spiro atoms. The van der Waals surface area contributed by atoms with Crippen LogP contribution in [0.1, 0.15) is 23.1 Å². The first-order valence-corrected chi connectivity index (χ1v) is 8.32. The molecule has 0 fully saturated rings. The third-order valence-electron chi connectivity index (χ3n) is 4.26. The van der Waals surface area contributed by atoms with Crippen LogP contribution in [0.25, 0.3) is 0 Å². The summed E-state index contributed by atoms with van der Waals surface area (Å²) in [5, 5.41) is 0. The average molecular weight is 336 g/mol. The lowest BCUT2D eigenvalue weighted by atomic mass is 10.2. The molecule has 0 aliphatic carbocycles. The summed E-state index contributed by atoms with van der Waals surface area (Å²) in [5.74, 6) is 0.736. The van der Waals surface area contributed by atoms with Crippen molar-refractivity contribution in [1.29, 1.82) is 0 Å². The van der Waals surface area contributed by atoms with Crippen molar-refractivity contribution in [3.8, 4) is 0 Å². The number of aryl methyl sites for hydroxylation is 1. The Bertz CT molecular complexity index is 834. The van der Waals surface area contributed by atoms with E-state index in [1.54, 1.807) is 12.4 Å². The van der Waals surface area contributed by atoms with E-state index >= 15 is 0 Å². The van der Waals surface area contributed by atoms with Gasteiger partial charge in [0.15, 0.2) is 0 Å². The summed E-state index contributed by atoms with van der Waals surface area (Å²) in [6.07, 6.45) is 7.30. The van der Waals surface area contributed by atoms with Crippen LogP contribution >= 0.6 is 0 Å². The summed E-state index contributed by atoms with van der Waals surface area (Å²) < 4.78 is 8.13. The number of aromatic nitrogens is 5. The number of imidazole rings is 1. The number of anilines is 1.